The number of hydrogen-bond donors (Lipinski definition) is 1. The Bertz CT molecular complexity index is 1510. The standard InChI is InChI=1S/C13H12Cl2N4O2.C7H4Cl2N4.C6H8O2/c1-8(2)21-12(20)3-4-19-7-16-13(18-19)9-5-10(14)17-11(15)6-9;8-5-1-4(2-6(9)12-5)7-10-3-11-13-7;1-4-6(7)8-5(2)3/h3-8H,1-2H3;1-3H,(H,10,11,13);1,5H,2-3H3/b4-3-;;. The van der Waals surface area contributed by atoms with E-state index in [-0.39, 0.29) is 22.5 Å². The Labute approximate surface area is 261 Å². The molecule has 0 spiro atoms. The number of H-pyrrole nitrogens is 1. The quantitative estimate of drug-likeness (QED) is 0.0887. The number of carbonyl (C=O) groups excluding carboxylic acids is 2. The van der Waals surface area contributed by atoms with Crippen LogP contribution in [0, 0.1) is 12.3 Å². The van der Waals surface area contributed by atoms with Crippen LogP contribution in [0.4, 0.5) is 0 Å². The van der Waals surface area contributed by atoms with Gasteiger partial charge in [0.25, 0.3) is 0 Å². The number of rotatable bonds is 6. The summed E-state index contributed by atoms with van der Waals surface area (Å²) in [6, 6.07) is 6.52. The highest BCUT2D eigenvalue weighted by Crippen LogP contribution is 2.22. The Balaban J connectivity index is 0.000000249. The lowest BCUT2D eigenvalue weighted by Gasteiger charge is -2.03. The molecular formula is C26H24Cl4N8O4. The van der Waals surface area contributed by atoms with Crippen molar-refractivity contribution >= 4 is 64.5 Å². The number of halogens is 4. The lowest BCUT2D eigenvalue weighted by molar-refractivity contribution is -0.141. The number of carbonyl (C=O) groups is 2. The van der Waals surface area contributed by atoms with Crippen LogP contribution in [0.5, 0.6) is 0 Å². The molecule has 1 N–H and O–H groups in total. The average molecular weight is 654 g/mol. The normalized spacial score (nSPS) is 10.4. The van der Waals surface area contributed by atoms with Crippen LogP contribution in [0.2, 0.25) is 20.6 Å². The molecule has 0 aliphatic heterocycles. The molecule has 0 fully saturated rings. The summed E-state index contributed by atoms with van der Waals surface area (Å²) in [4.78, 5) is 37.3. The Morgan fingerprint density at radius 2 is 1.45 bits per heavy atom. The van der Waals surface area contributed by atoms with Gasteiger partial charge in [-0.15, -0.1) is 11.5 Å². The summed E-state index contributed by atoms with van der Waals surface area (Å²) in [6.45, 7) is 7.04. The molecule has 0 saturated carbocycles. The number of terminal acetylenes is 1. The third-order valence-corrected chi connectivity index (χ3v) is 4.93. The Morgan fingerprint density at radius 1 is 0.905 bits per heavy atom. The van der Waals surface area contributed by atoms with E-state index in [2.05, 4.69) is 40.0 Å². The molecule has 12 nitrogen and oxygen atoms in total. The molecule has 0 aliphatic carbocycles. The van der Waals surface area contributed by atoms with Crippen LogP contribution in [0.15, 0.2) is 43.0 Å². The monoisotopic (exact) mass is 652 g/mol. The second-order valence-electron chi connectivity index (χ2n) is 8.28. The maximum Gasteiger partial charge on any atom is 0.384 e. The number of aromatic amines is 1. The van der Waals surface area contributed by atoms with Crippen molar-refractivity contribution in [3.8, 4) is 35.1 Å². The van der Waals surface area contributed by atoms with Crippen LogP contribution in [-0.2, 0) is 19.1 Å². The molecule has 4 aromatic heterocycles. The van der Waals surface area contributed by atoms with Gasteiger partial charge in [-0.25, -0.2) is 34.2 Å². The Hall–Kier alpha value is -4.02. The van der Waals surface area contributed by atoms with Crippen molar-refractivity contribution in [2.24, 2.45) is 0 Å². The van der Waals surface area contributed by atoms with E-state index < -0.39 is 11.9 Å². The van der Waals surface area contributed by atoms with Crippen LogP contribution in [-0.4, -0.2) is 64.1 Å². The molecular weight excluding hydrogens is 630 g/mol. The van der Waals surface area contributed by atoms with Gasteiger partial charge in [-0.3, -0.25) is 5.10 Å². The number of aromatic nitrogens is 8. The third kappa shape index (κ3) is 12.7. The number of hydrogen-bond acceptors (Lipinski definition) is 10. The lowest BCUT2D eigenvalue weighted by Crippen LogP contribution is -2.08. The first-order valence-corrected chi connectivity index (χ1v) is 13.4. The zero-order valence-corrected chi connectivity index (χ0v) is 25.6. The van der Waals surface area contributed by atoms with E-state index >= 15 is 0 Å². The van der Waals surface area contributed by atoms with Crippen LogP contribution >= 0.6 is 46.4 Å². The van der Waals surface area contributed by atoms with Crippen molar-refractivity contribution in [2.75, 3.05) is 0 Å². The highest BCUT2D eigenvalue weighted by molar-refractivity contribution is 6.33. The molecule has 0 unspecified atom stereocenters. The van der Waals surface area contributed by atoms with Gasteiger partial charge in [-0.05, 0) is 52.0 Å². The Kier molecular flexibility index (Phi) is 13.9. The van der Waals surface area contributed by atoms with Crippen molar-refractivity contribution < 1.29 is 19.1 Å². The predicted molar refractivity (Wildman–Crippen MR) is 160 cm³/mol. The van der Waals surface area contributed by atoms with Gasteiger partial charge in [0.1, 0.15) is 33.3 Å². The Morgan fingerprint density at radius 3 is 1.90 bits per heavy atom. The van der Waals surface area contributed by atoms with E-state index in [1.807, 2.05) is 5.92 Å². The summed E-state index contributed by atoms with van der Waals surface area (Å²) < 4.78 is 10.9. The van der Waals surface area contributed by atoms with Gasteiger partial charge in [-0.1, -0.05) is 46.4 Å². The van der Waals surface area contributed by atoms with Gasteiger partial charge < -0.3 is 9.47 Å². The number of nitrogens with zero attached hydrogens (tertiary/aromatic N) is 7. The fraction of sp³-hybridized carbons (Fsp3) is 0.231. The predicted octanol–water partition coefficient (Wildman–Crippen LogP) is 5.81. The number of ether oxygens (including phenoxy) is 2. The fourth-order valence-corrected chi connectivity index (χ4v) is 3.60. The summed E-state index contributed by atoms with van der Waals surface area (Å²) in [6.07, 6.45) is 10.00. The second kappa shape index (κ2) is 17.1. The van der Waals surface area contributed by atoms with Crippen LogP contribution < -0.4 is 0 Å². The largest absolute Gasteiger partial charge is 0.460 e. The molecule has 16 heteroatoms. The molecule has 0 aliphatic rings. The summed E-state index contributed by atoms with van der Waals surface area (Å²) in [7, 11) is 0. The van der Waals surface area contributed by atoms with Gasteiger partial charge in [0.2, 0.25) is 0 Å². The van der Waals surface area contributed by atoms with Crippen molar-refractivity contribution in [3.05, 3.63) is 63.6 Å². The van der Waals surface area contributed by atoms with Crippen molar-refractivity contribution in [2.45, 2.75) is 39.9 Å². The summed E-state index contributed by atoms with van der Waals surface area (Å²) in [5, 5.41) is 11.8. The number of pyridine rings is 2. The maximum atomic E-state index is 11.4. The second-order valence-corrected chi connectivity index (χ2v) is 9.83. The first kappa shape index (κ1) is 34.2. The molecule has 0 aromatic carbocycles. The molecule has 0 bridgehead atoms. The van der Waals surface area contributed by atoms with E-state index in [0.29, 0.717) is 27.5 Å². The molecule has 220 valence electrons. The van der Waals surface area contributed by atoms with Gasteiger partial charge in [0.05, 0.1) is 12.2 Å². The molecule has 4 heterocycles. The third-order valence-electron chi connectivity index (χ3n) is 4.16. The van der Waals surface area contributed by atoms with Gasteiger partial charge in [0, 0.05) is 29.3 Å². The van der Waals surface area contributed by atoms with Gasteiger partial charge >= 0.3 is 11.9 Å². The lowest BCUT2D eigenvalue weighted by atomic mass is 10.2. The van der Waals surface area contributed by atoms with Crippen molar-refractivity contribution in [1.29, 1.82) is 0 Å². The molecule has 0 amide bonds. The zero-order valence-electron chi connectivity index (χ0n) is 22.6. The minimum Gasteiger partial charge on any atom is -0.460 e. The SMILES string of the molecule is C#CC(=O)OC(C)C.CC(C)OC(=O)/C=C\n1cnc(-c2cc(Cl)nc(Cl)c2)n1.Clc1cc(-c2ncn[nH]2)cc(Cl)n1. The van der Waals surface area contributed by atoms with Crippen LogP contribution in [0.25, 0.3) is 29.0 Å². The molecule has 0 saturated heterocycles. The minimum absolute atomic E-state index is 0.112. The number of nitrogens with one attached hydrogen (secondary N) is 1. The van der Waals surface area contributed by atoms with Gasteiger partial charge in [0.15, 0.2) is 11.6 Å². The smallest absolute Gasteiger partial charge is 0.384 e. The highest BCUT2D eigenvalue weighted by Gasteiger charge is 2.08. The van der Waals surface area contributed by atoms with Gasteiger partial charge in [-0.2, -0.15) is 5.10 Å². The summed E-state index contributed by atoms with van der Waals surface area (Å²) >= 11 is 23.1. The first-order chi connectivity index (χ1) is 19.9. The topological polar surface area (TPSA) is 151 Å². The molecule has 4 rings (SSSR count). The van der Waals surface area contributed by atoms with E-state index in [1.165, 1.54) is 29.6 Å². The molecule has 42 heavy (non-hydrogen) atoms. The van der Waals surface area contributed by atoms with E-state index in [0.717, 1.165) is 5.56 Å². The van der Waals surface area contributed by atoms with Crippen molar-refractivity contribution in [3.63, 3.8) is 0 Å². The first-order valence-electron chi connectivity index (χ1n) is 11.9. The van der Waals surface area contributed by atoms with Crippen LogP contribution in [0.3, 0.4) is 0 Å². The number of esters is 2. The molecule has 0 radical (unpaired) electrons. The molecule has 0 atom stereocenters. The summed E-state index contributed by atoms with van der Waals surface area (Å²) in [5.41, 5.74) is 1.40. The van der Waals surface area contributed by atoms with Crippen molar-refractivity contribution in [1.82, 2.24) is 39.9 Å². The average Bonchev–Trinajstić information content (AvgIpc) is 3.59. The maximum absolute atomic E-state index is 11.4. The fourth-order valence-electron chi connectivity index (χ4n) is 2.68. The van der Waals surface area contributed by atoms with E-state index in [1.54, 1.807) is 52.0 Å². The van der Waals surface area contributed by atoms with E-state index in [9.17, 15) is 9.59 Å². The molecule has 4 aromatic rings. The highest BCUT2D eigenvalue weighted by atomic mass is 35.5. The zero-order chi connectivity index (χ0) is 31.2. The minimum atomic E-state index is -0.597. The van der Waals surface area contributed by atoms with Crippen LogP contribution in [0.1, 0.15) is 27.7 Å². The van der Waals surface area contributed by atoms with E-state index in [4.69, 9.17) is 57.6 Å². The summed E-state index contributed by atoms with van der Waals surface area (Å²) in [5.74, 6) is 1.83.